The zero-order valence-corrected chi connectivity index (χ0v) is 10.8. The first-order valence-corrected chi connectivity index (χ1v) is 5.88. The van der Waals surface area contributed by atoms with Crippen LogP contribution in [-0.2, 0) is 0 Å². The quantitative estimate of drug-likeness (QED) is 0.674. The van der Waals surface area contributed by atoms with Crippen LogP contribution in [0.2, 0.25) is 0 Å². The van der Waals surface area contributed by atoms with Crippen LogP contribution in [0.25, 0.3) is 0 Å². The van der Waals surface area contributed by atoms with Gasteiger partial charge in [0.25, 0.3) is 0 Å². The van der Waals surface area contributed by atoms with E-state index in [2.05, 4.69) is 46.4 Å². The molecule has 0 saturated heterocycles. The molecule has 0 fully saturated rings. The number of ether oxygens (including phenoxy) is 1. The van der Waals surface area contributed by atoms with Crippen LogP contribution in [-0.4, -0.2) is 5.60 Å². The molecule has 1 atom stereocenters. The summed E-state index contributed by atoms with van der Waals surface area (Å²) in [6.45, 7) is 12.2. The van der Waals surface area contributed by atoms with E-state index in [4.69, 9.17) is 4.74 Å². The van der Waals surface area contributed by atoms with Gasteiger partial charge in [-0.05, 0) is 44.9 Å². The minimum absolute atomic E-state index is 0.135. The number of hydrogen-bond donors (Lipinski definition) is 0. The predicted octanol–water partition coefficient (Wildman–Crippen LogP) is 4.54. The van der Waals surface area contributed by atoms with Crippen molar-refractivity contribution in [2.75, 3.05) is 0 Å². The van der Waals surface area contributed by atoms with Crippen LogP contribution in [0.15, 0.2) is 36.9 Å². The maximum Gasteiger partial charge on any atom is 0.120 e. The largest absolute Gasteiger partial charge is 0.488 e. The first kappa shape index (κ1) is 12.8. The van der Waals surface area contributed by atoms with E-state index in [9.17, 15) is 0 Å². The molecular weight excluding hydrogens is 196 g/mol. The fraction of sp³-hybridized carbons (Fsp3) is 0.467. The molecule has 1 unspecified atom stereocenters. The molecule has 88 valence electrons. The molecule has 1 nitrogen and oxygen atoms in total. The van der Waals surface area contributed by atoms with Gasteiger partial charge in [-0.1, -0.05) is 25.1 Å². The lowest BCUT2D eigenvalue weighted by Crippen LogP contribution is -2.22. The van der Waals surface area contributed by atoms with E-state index >= 15 is 0 Å². The predicted molar refractivity (Wildman–Crippen MR) is 70.1 cm³/mol. The van der Waals surface area contributed by atoms with E-state index in [1.165, 1.54) is 5.56 Å². The minimum Gasteiger partial charge on any atom is -0.488 e. The van der Waals surface area contributed by atoms with Crippen molar-refractivity contribution >= 4 is 0 Å². The molecule has 1 heteroatoms. The van der Waals surface area contributed by atoms with E-state index in [-0.39, 0.29) is 5.60 Å². The average Bonchev–Trinajstić information content (AvgIpc) is 2.20. The molecule has 0 aliphatic rings. The van der Waals surface area contributed by atoms with Crippen molar-refractivity contribution in [1.82, 2.24) is 0 Å². The standard InChI is InChI=1S/C15H22O/c1-6-12(7-2)13-8-10-14(11-9-13)16-15(3,4)5/h6,8-12H,1,7H2,2-5H3. The molecule has 0 radical (unpaired) electrons. The zero-order chi connectivity index (χ0) is 12.2. The Kier molecular flexibility index (Phi) is 4.17. The molecule has 0 N–H and O–H groups in total. The second kappa shape index (κ2) is 5.20. The second-order valence-electron chi connectivity index (χ2n) is 5.03. The highest BCUT2D eigenvalue weighted by Gasteiger charge is 2.12. The summed E-state index contributed by atoms with van der Waals surface area (Å²) in [4.78, 5) is 0. The van der Waals surface area contributed by atoms with Crippen LogP contribution < -0.4 is 4.74 Å². The Morgan fingerprint density at radius 3 is 2.19 bits per heavy atom. The highest BCUT2D eigenvalue weighted by Crippen LogP contribution is 2.24. The summed E-state index contributed by atoms with van der Waals surface area (Å²) in [6.07, 6.45) is 3.09. The monoisotopic (exact) mass is 218 g/mol. The molecule has 1 aromatic carbocycles. The molecule has 0 aliphatic carbocycles. The summed E-state index contributed by atoms with van der Waals surface area (Å²) in [5.41, 5.74) is 1.17. The van der Waals surface area contributed by atoms with Crippen LogP contribution >= 0.6 is 0 Å². The molecule has 0 bridgehead atoms. The molecule has 0 aromatic heterocycles. The normalized spacial score (nSPS) is 13.2. The molecule has 0 aliphatic heterocycles. The van der Waals surface area contributed by atoms with Gasteiger partial charge in [-0.25, -0.2) is 0 Å². The van der Waals surface area contributed by atoms with E-state index in [0.717, 1.165) is 12.2 Å². The van der Waals surface area contributed by atoms with Gasteiger partial charge in [0.2, 0.25) is 0 Å². The Morgan fingerprint density at radius 1 is 1.25 bits per heavy atom. The van der Waals surface area contributed by atoms with Crippen molar-refractivity contribution in [3.05, 3.63) is 42.5 Å². The first-order chi connectivity index (χ1) is 7.46. The van der Waals surface area contributed by atoms with Gasteiger partial charge in [-0.15, -0.1) is 6.58 Å². The fourth-order valence-electron chi connectivity index (χ4n) is 1.68. The van der Waals surface area contributed by atoms with Crippen molar-refractivity contribution in [3.8, 4) is 5.75 Å². The molecule has 1 rings (SSSR count). The smallest absolute Gasteiger partial charge is 0.120 e. The van der Waals surface area contributed by atoms with Gasteiger partial charge in [0.05, 0.1) is 0 Å². The third-order valence-electron chi connectivity index (χ3n) is 2.46. The van der Waals surface area contributed by atoms with Gasteiger partial charge in [0, 0.05) is 5.92 Å². The van der Waals surface area contributed by atoms with Crippen LogP contribution in [0.3, 0.4) is 0 Å². The summed E-state index contributed by atoms with van der Waals surface area (Å²) >= 11 is 0. The van der Waals surface area contributed by atoms with Gasteiger partial charge >= 0.3 is 0 Å². The van der Waals surface area contributed by atoms with Crippen LogP contribution in [0.4, 0.5) is 0 Å². The van der Waals surface area contributed by atoms with Gasteiger partial charge in [-0.2, -0.15) is 0 Å². The van der Waals surface area contributed by atoms with Gasteiger partial charge in [-0.3, -0.25) is 0 Å². The van der Waals surface area contributed by atoms with Crippen LogP contribution in [0.5, 0.6) is 5.75 Å². The van der Waals surface area contributed by atoms with Crippen molar-refractivity contribution in [3.63, 3.8) is 0 Å². The first-order valence-electron chi connectivity index (χ1n) is 5.88. The molecular formula is C15H22O. The average molecular weight is 218 g/mol. The molecule has 0 heterocycles. The molecule has 0 spiro atoms. The van der Waals surface area contributed by atoms with E-state index in [1.54, 1.807) is 0 Å². The van der Waals surface area contributed by atoms with Crippen molar-refractivity contribution < 1.29 is 4.74 Å². The molecule has 0 saturated carbocycles. The summed E-state index contributed by atoms with van der Waals surface area (Å²) in [5, 5.41) is 0. The Labute approximate surface area is 99.1 Å². The fourth-order valence-corrected chi connectivity index (χ4v) is 1.68. The Hall–Kier alpha value is -1.24. The third-order valence-corrected chi connectivity index (χ3v) is 2.46. The Bertz CT molecular complexity index is 329. The summed E-state index contributed by atoms with van der Waals surface area (Å²) < 4.78 is 5.78. The summed E-state index contributed by atoms with van der Waals surface area (Å²) in [6, 6.07) is 8.31. The molecule has 1 aromatic rings. The number of benzene rings is 1. The third kappa shape index (κ3) is 3.73. The maximum atomic E-state index is 5.78. The summed E-state index contributed by atoms with van der Waals surface area (Å²) in [5.74, 6) is 1.37. The van der Waals surface area contributed by atoms with Gasteiger partial charge < -0.3 is 4.74 Å². The van der Waals surface area contributed by atoms with E-state index < -0.39 is 0 Å². The minimum atomic E-state index is -0.135. The molecule has 0 amide bonds. The van der Waals surface area contributed by atoms with E-state index in [1.807, 2.05) is 18.2 Å². The Balaban J connectivity index is 2.78. The van der Waals surface area contributed by atoms with Crippen molar-refractivity contribution in [2.45, 2.75) is 45.6 Å². The van der Waals surface area contributed by atoms with Gasteiger partial charge in [0.1, 0.15) is 11.4 Å². The lowest BCUT2D eigenvalue weighted by atomic mass is 9.97. The lowest BCUT2D eigenvalue weighted by molar-refractivity contribution is 0.131. The second-order valence-corrected chi connectivity index (χ2v) is 5.03. The molecule has 16 heavy (non-hydrogen) atoms. The van der Waals surface area contributed by atoms with Gasteiger partial charge in [0.15, 0.2) is 0 Å². The SMILES string of the molecule is C=CC(CC)c1ccc(OC(C)(C)C)cc1. The Morgan fingerprint density at radius 2 is 1.81 bits per heavy atom. The lowest BCUT2D eigenvalue weighted by Gasteiger charge is -2.21. The highest BCUT2D eigenvalue weighted by atomic mass is 16.5. The summed E-state index contributed by atoms with van der Waals surface area (Å²) in [7, 11) is 0. The van der Waals surface area contributed by atoms with Crippen LogP contribution in [0.1, 0.15) is 45.6 Å². The number of allylic oxidation sites excluding steroid dienone is 1. The van der Waals surface area contributed by atoms with Crippen LogP contribution in [0, 0.1) is 0 Å². The zero-order valence-electron chi connectivity index (χ0n) is 10.8. The van der Waals surface area contributed by atoms with Crippen molar-refractivity contribution in [2.24, 2.45) is 0 Å². The number of rotatable bonds is 4. The topological polar surface area (TPSA) is 9.23 Å². The van der Waals surface area contributed by atoms with Crippen molar-refractivity contribution in [1.29, 1.82) is 0 Å². The maximum absolute atomic E-state index is 5.78. The number of hydrogen-bond acceptors (Lipinski definition) is 1. The highest BCUT2D eigenvalue weighted by molar-refractivity contribution is 5.31. The van der Waals surface area contributed by atoms with E-state index in [0.29, 0.717) is 5.92 Å².